The second kappa shape index (κ2) is 5.89. The molecule has 0 radical (unpaired) electrons. The van der Waals surface area contributed by atoms with E-state index in [0.29, 0.717) is 17.1 Å². The number of ether oxygens (including phenoxy) is 1. The van der Waals surface area contributed by atoms with Gasteiger partial charge in [0.05, 0.1) is 24.1 Å². The lowest BCUT2D eigenvalue weighted by Gasteiger charge is -2.02. The SMILES string of the molecule is COc1ccc(-c2ccc3ccc(O)cc3[o+]2)cc1O.[Cl-]. The Kier molecular flexibility index (Phi) is 4.19. The number of phenols is 2. The highest BCUT2D eigenvalue weighted by molar-refractivity contribution is 5.80. The summed E-state index contributed by atoms with van der Waals surface area (Å²) in [6.07, 6.45) is 0. The summed E-state index contributed by atoms with van der Waals surface area (Å²) >= 11 is 0. The van der Waals surface area contributed by atoms with E-state index in [1.54, 1.807) is 36.4 Å². The van der Waals surface area contributed by atoms with E-state index in [-0.39, 0.29) is 23.9 Å². The summed E-state index contributed by atoms with van der Waals surface area (Å²) in [5.74, 6) is 1.21. The fourth-order valence-corrected chi connectivity index (χ4v) is 2.07. The van der Waals surface area contributed by atoms with Crippen LogP contribution in [-0.2, 0) is 0 Å². The molecule has 5 heteroatoms. The van der Waals surface area contributed by atoms with E-state index in [4.69, 9.17) is 9.15 Å². The fourth-order valence-electron chi connectivity index (χ4n) is 2.07. The number of benzene rings is 2. The first-order chi connectivity index (χ1) is 9.67. The van der Waals surface area contributed by atoms with Crippen LogP contribution in [-0.4, -0.2) is 17.3 Å². The number of phenolic OH excluding ortho intramolecular Hbond substituents is 2. The minimum absolute atomic E-state index is 0. The van der Waals surface area contributed by atoms with Gasteiger partial charge in [0.25, 0.3) is 0 Å². The topological polar surface area (TPSA) is 61.0 Å². The van der Waals surface area contributed by atoms with E-state index in [1.165, 1.54) is 7.11 Å². The summed E-state index contributed by atoms with van der Waals surface area (Å²) in [4.78, 5) is 0. The van der Waals surface area contributed by atoms with Crippen LogP contribution < -0.4 is 17.1 Å². The molecule has 21 heavy (non-hydrogen) atoms. The first kappa shape index (κ1) is 14.9. The van der Waals surface area contributed by atoms with Crippen molar-refractivity contribution in [1.82, 2.24) is 0 Å². The van der Waals surface area contributed by atoms with Crippen LogP contribution in [0, 0.1) is 0 Å². The van der Waals surface area contributed by atoms with Crippen LogP contribution in [0.3, 0.4) is 0 Å². The molecule has 0 unspecified atom stereocenters. The largest absolute Gasteiger partial charge is 1.00 e. The Morgan fingerprint density at radius 2 is 1.71 bits per heavy atom. The van der Waals surface area contributed by atoms with E-state index in [0.717, 1.165) is 10.9 Å². The lowest BCUT2D eigenvalue weighted by Crippen LogP contribution is -3.00. The van der Waals surface area contributed by atoms with Gasteiger partial charge in [0.1, 0.15) is 5.75 Å². The van der Waals surface area contributed by atoms with Crippen LogP contribution >= 0.6 is 0 Å². The molecule has 1 aromatic heterocycles. The summed E-state index contributed by atoms with van der Waals surface area (Å²) in [7, 11) is 1.50. The van der Waals surface area contributed by atoms with Crippen molar-refractivity contribution >= 4 is 11.0 Å². The molecule has 108 valence electrons. The third-order valence-corrected chi connectivity index (χ3v) is 3.09. The van der Waals surface area contributed by atoms with Crippen LogP contribution in [0.15, 0.2) is 52.9 Å². The molecular weight excluding hydrogens is 292 g/mol. The molecule has 0 bridgehead atoms. The van der Waals surface area contributed by atoms with Gasteiger partial charge in [0, 0.05) is 12.1 Å². The minimum atomic E-state index is 0. The number of halogens is 1. The van der Waals surface area contributed by atoms with Gasteiger partial charge in [-0.1, -0.05) is 0 Å². The second-order valence-corrected chi connectivity index (χ2v) is 4.41. The molecule has 2 N–H and O–H groups in total. The Balaban J connectivity index is 0.00000161. The fraction of sp³-hybridized carbons (Fsp3) is 0.0625. The Morgan fingerprint density at radius 1 is 0.952 bits per heavy atom. The van der Waals surface area contributed by atoms with Gasteiger partial charge in [-0.3, -0.25) is 0 Å². The smallest absolute Gasteiger partial charge is 0.364 e. The molecular formula is C16H13ClO4. The molecule has 0 aliphatic carbocycles. The number of fused-ring (bicyclic) bond motifs is 1. The van der Waals surface area contributed by atoms with Crippen molar-refractivity contribution in [3.05, 3.63) is 48.5 Å². The molecule has 0 atom stereocenters. The third kappa shape index (κ3) is 2.85. The summed E-state index contributed by atoms with van der Waals surface area (Å²) < 4.78 is 10.8. The van der Waals surface area contributed by atoms with Gasteiger partial charge >= 0.3 is 11.3 Å². The molecule has 3 rings (SSSR count). The normalized spacial score (nSPS) is 10.1. The van der Waals surface area contributed by atoms with Crippen LogP contribution in [0.1, 0.15) is 0 Å². The highest BCUT2D eigenvalue weighted by atomic mass is 35.5. The molecule has 0 aliphatic rings. The highest BCUT2D eigenvalue weighted by Gasteiger charge is 2.16. The van der Waals surface area contributed by atoms with Crippen molar-refractivity contribution in [3.8, 4) is 28.6 Å². The van der Waals surface area contributed by atoms with Crippen molar-refractivity contribution in [2.45, 2.75) is 0 Å². The van der Waals surface area contributed by atoms with Gasteiger partial charge in [-0.15, -0.1) is 0 Å². The lowest BCUT2D eigenvalue weighted by atomic mass is 10.1. The van der Waals surface area contributed by atoms with Gasteiger partial charge in [-0.25, -0.2) is 4.42 Å². The first-order valence-electron chi connectivity index (χ1n) is 6.10. The zero-order chi connectivity index (χ0) is 14.1. The van der Waals surface area contributed by atoms with E-state index < -0.39 is 0 Å². The van der Waals surface area contributed by atoms with Gasteiger partial charge < -0.3 is 27.4 Å². The van der Waals surface area contributed by atoms with Crippen molar-refractivity contribution < 1.29 is 31.8 Å². The number of hydrogen-bond donors (Lipinski definition) is 2. The molecule has 4 nitrogen and oxygen atoms in total. The molecule has 0 spiro atoms. The lowest BCUT2D eigenvalue weighted by molar-refractivity contribution is -0.00000670. The van der Waals surface area contributed by atoms with Crippen molar-refractivity contribution in [2.75, 3.05) is 7.11 Å². The number of methoxy groups -OCH3 is 1. The maximum absolute atomic E-state index is 9.80. The first-order valence-corrected chi connectivity index (χ1v) is 6.10. The minimum Gasteiger partial charge on any atom is -1.00 e. The molecule has 0 saturated heterocycles. The van der Waals surface area contributed by atoms with Gasteiger partial charge in [-0.2, -0.15) is 0 Å². The number of rotatable bonds is 2. The zero-order valence-corrected chi connectivity index (χ0v) is 12.0. The molecule has 1 heterocycles. The Morgan fingerprint density at radius 3 is 2.43 bits per heavy atom. The van der Waals surface area contributed by atoms with Crippen molar-refractivity contribution in [1.29, 1.82) is 0 Å². The Labute approximate surface area is 127 Å². The maximum Gasteiger partial charge on any atom is 0.364 e. The highest BCUT2D eigenvalue weighted by Crippen LogP contribution is 2.33. The summed E-state index contributed by atoms with van der Waals surface area (Å²) in [6, 6.07) is 13.7. The monoisotopic (exact) mass is 304 g/mol. The summed E-state index contributed by atoms with van der Waals surface area (Å²) in [5, 5.41) is 20.2. The van der Waals surface area contributed by atoms with E-state index in [1.807, 2.05) is 12.1 Å². The van der Waals surface area contributed by atoms with Crippen LogP contribution in [0.2, 0.25) is 0 Å². The summed E-state index contributed by atoms with van der Waals surface area (Å²) in [6.45, 7) is 0. The van der Waals surface area contributed by atoms with Crippen LogP contribution in [0.25, 0.3) is 22.3 Å². The van der Waals surface area contributed by atoms with E-state index >= 15 is 0 Å². The molecule has 0 aliphatic heterocycles. The van der Waals surface area contributed by atoms with E-state index in [2.05, 4.69) is 0 Å². The predicted octanol–water partition coefficient (Wildman–Crippen LogP) is 0.805. The van der Waals surface area contributed by atoms with Crippen molar-refractivity contribution in [2.24, 2.45) is 0 Å². The predicted molar refractivity (Wildman–Crippen MR) is 75.9 cm³/mol. The number of aromatic hydroxyl groups is 2. The third-order valence-electron chi connectivity index (χ3n) is 3.09. The van der Waals surface area contributed by atoms with Crippen molar-refractivity contribution in [3.63, 3.8) is 0 Å². The molecule has 3 aromatic rings. The van der Waals surface area contributed by atoms with E-state index in [9.17, 15) is 10.2 Å². The average Bonchev–Trinajstić information content (AvgIpc) is 2.46. The van der Waals surface area contributed by atoms with Gasteiger partial charge in [0.2, 0.25) is 0 Å². The molecule has 0 saturated carbocycles. The molecule has 0 fully saturated rings. The molecule has 0 amide bonds. The second-order valence-electron chi connectivity index (χ2n) is 4.41. The Hall–Kier alpha value is -2.46. The Bertz CT molecular complexity index is 786. The zero-order valence-electron chi connectivity index (χ0n) is 11.2. The molecule has 2 aromatic carbocycles. The van der Waals surface area contributed by atoms with Crippen LogP contribution in [0.4, 0.5) is 0 Å². The number of hydrogen-bond acceptors (Lipinski definition) is 3. The van der Waals surface area contributed by atoms with Crippen LogP contribution in [0.5, 0.6) is 17.2 Å². The van der Waals surface area contributed by atoms with Gasteiger partial charge in [0.15, 0.2) is 11.5 Å². The maximum atomic E-state index is 9.80. The van der Waals surface area contributed by atoms with Gasteiger partial charge in [-0.05, 0) is 30.3 Å². The average molecular weight is 305 g/mol. The quantitative estimate of drug-likeness (QED) is 0.688. The standard InChI is InChI=1S/C16H12O4.ClH/c1-19-15-7-4-11(8-13(15)18)14-6-3-10-2-5-12(17)9-16(10)20-14;/h2-9H,1H3,(H-,17,18);1H. The summed E-state index contributed by atoms with van der Waals surface area (Å²) in [5.41, 5.74) is 1.31.